The molecule has 0 aliphatic carbocycles. The lowest BCUT2D eigenvalue weighted by atomic mass is 9.92. The van der Waals surface area contributed by atoms with E-state index in [0.29, 0.717) is 23.0 Å². The Labute approximate surface area is 150 Å². The van der Waals surface area contributed by atoms with Gasteiger partial charge in [-0.05, 0) is 47.9 Å². The van der Waals surface area contributed by atoms with Crippen molar-refractivity contribution in [3.63, 3.8) is 0 Å². The third kappa shape index (κ3) is 2.91. The number of ether oxygens (including phenoxy) is 2. The van der Waals surface area contributed by atoms with Crippen LogP contribution >= 0.6 is 11.6 Å². The maximum absolute atomic E-state index is 11.5. The van der Waals surface area contributed by atoms with E-state index in [4.69, 9.17) is 26.8 Å². The predicted octanol–water partition coefficient (Wildman–Crippen LogP) is 3.64. The van der Waals surface area contributed by atoms with E-state index in [2.05, 4.69) is 6.08 Å². The summed E-state index contributed by atoms with van der Waals surface area (Å²) in [4.78, 5) is 13.3. The van der Waals surface area contributed by atoms with Crippen molar-refractivity contribution in [2.24, 2.45) is 0 Å². The number of benzene rings is 2. The summed E-state index contributed by atoms with van der Waals surface area (Å²) < 4.78 is 10.8. The Kier molecular flexibility index (Phi) is 4.01. The van der Waals surface area contributed by atoms with Gasteiger partial charge in [0.05, 0.1) is 6.04 Å². The Balaban J connectivity index is 1.75. The summed E-state index contributed by atoms with van der Waals surface area (Å²) in [6, 6.07) is 11.0. The number of fused-ring (bicyclic) bond motifs is 1. The molecule has 0 saturated carbocycles. The first-order valence-corrected chi connectivity index (χ1v) is 8.40. The predicted molar refractivity (Wildman–Crippen MR) is 96.5 cm³/mol. The van der Waals surface area contributed by atoms with Gasteiger partial charge in [0.1, 0.15) is 0 Å². The third-order valence-corrected chi connectivity index (χ3v) is 4.83. The minimum absolute atomic E-state index is 0.186. The van der Waals surface area contributed by atoms with E-state index in [0.717, 1.165) is 35.3 Å². The van der Waals surface area contributed by atoms with Gasteiger partial charge in [-0.2, -0.15) is 0 Å². The van der Waals surface area contributed by atoms with Crippen LogP contribution in [0.3, 0.4) is 0 Å². The summed E-state index contributed by atoms with van der Waals surface area (Å²) in [5, 5.41) is 0.641. The summed E-state index contributed by atoms with van der Waals surface area (Å²) in [5.41, 5.74) is 9.78. The van der Waals surface area contributed by atoms with Crippen LogP contribution in [0.2, 0.25) is 5.02 Å². The van der Waals surface area contributed by atoms with Gasteiger partial charge in [0, 0.05) is 22.8 Å². The molecule has 2 N–H and O–H groups in total. The Morgan fingerprint density at radius 3 is 2.84 bits per heavy atom. The zero-order chi connectivity index (χ0) is 17.4. The van der Waals surface area contributed by atoms with Crippen molar-refractivity contribution in [3.05, 3.63) is 58.6 Å². The molecular weight excluding hydrogens is 340 g/mol. The van der Waals surface area contributed by atoms with Crippen molar-refractivity contribution in [3.8, 4) is 11.5 Å². The molecule has 25 heavy (non-hydrogen) atoms. The smallest absolute Gasteiger partial charge is 0.231 e. The summed E-state index contributed by atoms with van der Waals surface area (Å²) in [7, 11) is 0. The van der Waals surface area contributed by atoms with Gasteiger partial charge in [-0.3, -0.25) is 4.79 Å². The van der Waals surface area contributed by atoms with Gasteiger partial charge < -0.3 is 20.1 Å². The summed E-state index contributed by atoms with van der Waals surface area (Å²) in [6.07, 6.45) is 3.67. The number of carbonyl (C=O) groups is 1. The molecule has 0 radical (unpaired) electrons. The van der Waals surface area contributed by atoms with Crippen molar-refractivity contribution in [2.45, 2.75) is 12.5 Å². The van der Waals surface area contributed by atoms with Gasteiger partial charge in [0.2, 0.25) is 13.2 Å². The van der Waals surface area contributed by atoms with Crippen molar-refractivity contribution in [1.82, 2.24) is 4.90 Å². The van der Waals surface area contributed by atoms with Gasteiger partial charge in [0.15, 0.2) is 11.5 Å². The quantitative estimate of drug-likeness (QED) is 0.673. The van der Waals surface area contributed by atoms with E-state index in [1.165, 1.54) is 0 Å². The van der Waals surface area contributed by atoms with E-state index >= 15 is 0 Å². The van der Waals surface area contributed by atoms with E-state index in [-0.39, 0.29) is 12.8 Å². The van der Waals surface area contributed by atoms with Crippen LogP contribution in [0.5, 0.6) is 11.5 Å². The van der Waals surface area contributed by atoms with Crippen LogP contribution in [-0.4, -0.2) is 24.6 Å². The molecule has 5 nitrogen and oxygen atoms in total. The van der Waals surface area contributed by atoms with Crippen LogP contribution in [0, 0.1) is 0 Å². The monoisotopic (exact) mass is 356 g/mol. The van der Waals surface area contributed by atoms with Crippen molar-refractivity contribution in [1.29, 1.82) is 0 Å². The van der Waals surface area contributed by atoms with Crippen LogP contribution < -0.4 is 15.2 Å². The standard InChI is InChI=1S/C19H17ClN2O3/c20-14-2-3-16(21)15(9-14)12-5-6-22(10-23)17(7-12)13-1-4-18-19(8-13)25-11-24-18/h1-4,7-10,17H,5-6,11,21H2. The maximum Gasteiger partial charge on any atom is 0.231 e. The van der Waals surface area contributed by atoms with E-state index in [1.807, 2.05) is 24.3 Å². The van der Waals surface area contributed by atoms with E-state index in [9.17, 15) is 4.79 Å². The number of hydrogen-bond acceptors (Lipinski definition) is 4. The molecule has 0 bridgehead atoms. The van der Waals surface area contributed by atoms with Gasteiger partial charge in [-0.25, -0.2) is 0 Å². The molecule has 1 atom stereocenters. The Morgan fingerprint density at radius 2 is 2.00 bits per heavy atom. The number of hydrogen-bond donors (Lipinski definition) is 1. The SMILES string of the molecule is Nc1ccc(Cl)cc1C1=CC(c2ccc3c(c2)OCO3)N(C=O)CC1. The van der Waals surface area contributed by atoms with Gasteiger partial charge in [-0.1, -0.05) is 23.7 Å². The van der Waals surface area contributed by atoms with Crippen molar-refractivity contribution in [2.75, 3.05) is 19.1 Å². The lowest BCUT2D eigenvalue weighted by molar-refractivity contribution is -0.119. The largest absolute Gasteiger partial charge is 0.454 e. The molecule has 0 spiro atoms. The van der Waals surface area contributed by atoms with Crippen LogP contribution in [-0.2, 0) is 4.79 Å². The fourth-order valence-corrected chi connectivity index (χ4v) is 3.46. The van der Waals surface area contributed by atoms with E-state index in [1.54, 1.807) is 17.0 Å². The Bertz CT molecular complexity index is 866. The highest BCUT2D eigenvalue weighted by molar-refractivity contribution is 6.30. The topological polar surface area (TPSA) is 64.8 Å². The molecule has 2 aromatic carbocycles. The molecule has 128 valence electrons. The third-order valence-electron chi connectivity index (χ3n) is 4.59. The summed E-state index contributed by atoms with van der Waals surface area (Å²) >= 11 is 6.13. The molecule has 2 aliphatic heterocycles. The van der Waals surface area contributed by atoms with Gasteiger partial charge >= 0.3 is 0 Å². The average Bonchev–Trinajstić information content (AvgIpc) is 3.11. The van der Waals surface area contributed by atoms with Crippen LogP contribution in [0.15, 0.2) is 42.5 Å². The maximum atomic E-state index is 11.5. The van der Waals surface area contributed by atoms with E-state index < -0.39 is 0 Å². The lowest BCUT2D eigenvalue weighted by Crippen LogP contribution is -2.30. The highest BCUT2D eigenvalue weighted by atomic mass is 35.5. The first-order valence-electron chi connectivity index (χ1n) is 8.02. The van der Waals surface area contributed by atoms with Crippen molar-refractivity contribution < 1.29 is 14.3 Å². The zero-order valence-corrected chi connectivity index (χ0v) is 14.2. The van der Waals surface area contributed by atoms with Crippen LogP contribution in [0.1, 0.15) is 23.6 Å². The number of amides is 1. The first kappa shape index (κ1) is 15.8. The highest BCUT2D eigenvalue weighted by Crippen LogP contribution is 2.39. The van der Waals surface area contributed by atoms with Crippen LogP contribution in [0.4, 0.5) is 5.69 Å². The molecular formula is C19H17ClN2O3. The molecule has 4 rings (SSSR count). The Hall–Kier alpha value is -2.66. The molecule has 2 aromatic rings. The van der Waals surface area contributed by atoms with Gasteiger partial charge in [0.25, 0.3) is 0 Å². The number of nitrogens with two attached hydrogens (primary N) is 1. The second-order valence-electron chi connectivity index (χ2n) is 6.07. The number of halogens is 1. The Morgan fingerprint density at radius 1 is 1.16 bits per heavy atom. The number of rotatable bonds is 3. The number of nitrogens with zero attached hydrogens (tertiary/aromatic N) is 1. The molecule has 1 unspecified atom stereocenters. The molecule has 0 aromatic heterocycles. The number of carbonyl (C=O) groups excluding carboxylic acids is 1. The average molecular weight is 357 g/mol. The fourth-order valence-electron chi connectivity index (χ4n) is 3.29. The molecule has 0 saturated heterocycles. The molecule has 1 amide bonds. The molecule has 6 heteroatoms. The lowest BCUT2D eigenvalue weighted by Gasteiger charge is -2.32. The summed E-state index contributed by atoms with van der Waals surface area (Å²) in [6.45, 7) is 0.835. The van der Waals surface area contributed by atoms with Crippen LogP contribution in [0.25, 0.3) is 5.57 Å². The zero-order valence-electron chi connectivity index (χ0n) is 13.4. The molecule has 2 aliphatic rings. The number of anilines is 1. The fraction of sp³-hybridized carbons (Fsp3) is 0.211. The second kappa shape index (κ2) is 6.33. The van der Waals surface area contributed by atoms with Gasteiger partial charge in [-0.15, -0.1) is 0 Å². The minimum atomic E-state index is -0.186. The molecule has 0 fully saturated rings. The first-order chi connectivity index (χ1) is 12.2. The highest BCUT2D eigenvalue weighted by Gasteiger charge is 2.25. The molecule has 2 heterocycles. The second-order valence-corrected chi connectivity index (χ2v) is 6.51. The summed E-state index contributed by atoms with van der Waals surface area (Å²) in [5.74, 6) is 1.42. The normalized spacial score (nSPS) is 18.8. The van der Waals surface area contributed by atoms with Crippen molar-refractivity contribution >= 4 is 29.3 Å². The minimum Gasteiger partial charge on any atom is -0.454 e. The number of nitrogen functional groups attached to an aromatic ring is 1.